The standard InChI is InChI=1S/C12H21N3OS/c17-12(13-10-1-2-10)15-4-3-11(9-15)14-5-7-16-8-6-14/h10-11H,1-9H2,(H,13,17). The predicted molar refractivity (Wildman–Crippen MR) is 71.1 cm³/mol. The Morgan fingerprint density at radius 1 is 1.12 bits per heavy atom. The number of thiocarbonyl (C=S) groups is 1. The van der Waals surface area contributed by atoms with Gasteiger partial charge in [-0.05, 0) is 31.5 Å². The average molecular weight is 255 g/mol. The van der Waals surface area contributed by atoms with Gasteiger partial charge in [0, 0.05) is 38.3 Å². The highest BCUT2D eigenvalue weighted by molar-refractivity contribution is 7.80. The molecule has 3 aliphatic rings. The second kappa shape index (κ2) is 5.08. The van der Waals surface area contributed by atoms with Gasteiger partial charge in [0.05, 0.1) is 13.2 Å². The van der Waals surface area contributed by atoms with Gasteiger partial charge in [-0.15, -0.1) is 0 Å². The van der Waals surface area contributed by atoms with E-state index < -0.39 is 0 Å². The van der Waals surface area contributed by atoms with Gasteiger partial charge in [0.2, 0.25) is 0 Å². The van der Waals surface area contributed by atoms with Crippen molar-refractivity contribution in [3.8, 4) is 0 Å². The van der Waals surface area contributed by atoms with Crippen molar-refractivity contribution in [2.45, 2.75) is 31.3 Å². The van der Waals surface area contributed by atoms with Gasteiger partial charge in [-0.3, -0.25) is 4.90 Å². The van der Waals surface area contributed by atoms with Crippen molar-refractivity contribution in [3.63, 3.8) is 0 Å². The van der Waals surface area contributed by atoms with E-state index in [0.717, 1.165) is 44.5 Å². The molecule has 0 aromatic carbocycles. The first kappa shape index (κ1) is 11.7. The molecule has 3 rings (SSSR count). The Kier molecular flexibility index (Phi) is 3.49. The lowest BCUT2D eigenvalue weighted by molar-refractivity contribution is 0.0195. The second-order valence-electron chi connectivity index (χ2n) is 5.26. The Morgan fingerprint density at radius 3 is 2.59 bits per heavy atom. The molecule has 0 bridgehead atoms. The number of hydrogen-bond donors (Lipinski definition) is 1. The van der Waals surface area contributed by atoms with Crippen LogP contribution >= 0.6 is 12.2 Å². The zero-order valence-corrected chi connectivity index (χ0v) is 11.0. The summed E-state index contributed by atoms with van der Waals surface area (Å²) in [4.78, 5) is 4.90. The van der Waals surface area contributed by atoms with E-state index in [9.17, 15) is 0 Å². The molecule has 0 amide bonds. The lowest BCUT2D eigenvalue weighted by Gasteiger charge is -2.32. The van der Waals surface area contributed by atoms with Crippen molar-refractivity contribution in [1.82, 2.24) is 15.1 Å². The summed E-state index contributed by atoms with van der Waals surface area (Å²) in [5, 5.41) is 4.41. The molecule has 2 heterocycles. The first-order valence-corrected chi connectivity index (χ1v) is 7.11. The third-order valence-corrected chi connectivity index (χ3v) is 4.29. The van der Waals surface area contributed by atoms with Gasteiger partial charge in [-0.1, -0.05) is 0 Å². The monoisotopic (exact) mass is 255 g/mol. The van der Waals surface area contributed by atoms with E-state index in [1.165, 1.54) is 19.3 Å². The average Bonchev–Trinajstić information content (AvgIpc) is 3.04. The van der Waals surface area contributed by atoms with Gasteiger partial charge in [0.25, 0.3) is 0 Å². The van der Waals surface area contributed by atoms with Crippen molar-refractivity contribution in [3.05, 3.63) is 0 Å². The van der Waals surface area contributed by atoms with E-state index in [-0.39, 0.29) is 0 Å². The van der Waals surface area contributed by atoms with E-state index in [1.54, 1.807) is 0 Å². The molecule has 1 aliphatic carbocycles. The molecular formula is C12H21N3OS. The Balaban J connectivity index is 1.48. The molecule has 5 heteroatoms. The first-order chi connectivity index (χ1) is 8.33. The fourth-order valence-corrected chi connectivity index (χ4v) is 2.99. The highest BCUT2D eigenvalue weighted by Gasteiger charge is 2.31. The van der Waals surface area contributed by atoms with Crippen molar-refractivity contribution in [2.24, 2.45) is 0 Å². The summed E-state index contributed by atoms with van der Waals surface area (Å²) in [6.07, 6.45) is 3.83. The fourth-order valence-electron chi connectivity index (χ4n) is 2.66. The molecule has 1 atom stereocenters. The quantitative estimate of drug-likeness (QED) is 0.723. The molecule has 1 N–H and O–H groups in total. The molecule has 17 heavy (non-hydrogen) atoms. The molecule has 1 saturated carbocycles. The molecule has 3 fully saturated rings. The van der Waals surface area contributed by atoms with Crippen LogP contribution in [0, 0.1) is 0 Å². The summed E-state index contributed by atoms with van der Waals surface area (Å²) in [6.45, 7) is 6.16. The summed E-state index contributed by atoms with van der Waals surface area (Å²) in [7, 11) is 0. The van der Waals surface area contributed by atoms with Crippen LogP contribution in [0.5, 0.6) is 0 Å². The highest BCUT2D eigenvalue weighted by atomic mass is 32.1. The van der Waals surface area contributed by atoms with Crippen molar-refractivity contribution < 1.29 is 4.74 Å². The number of morpholine rings is 1. The van der Waals surface area contributed by atoms with Crippen molar-refractivity contribution in [2.75, 3.05) is 39.4 Å². The largest absolute Gasteiger partial charge is 0.379 e. The summed E-state index contributed by atoms with van der Waals surface area (Å²) in [5.74, 6) is 0. The topological polar surface area (TPSA) is 27.7 Å². The maximum Gasteiger partial charge on any atom is 0.169 e. The first-order valence-electron chi connectivity index (χ1n) is 6.70. The molecule has 4 nitrogen and oxygen atoms in total. The molecule has 0 spiro atoms. The molecule has 96 valence electrons. The van der Waals surface area contributed by atoms with Crippen molar-refractivity contribution in [1.29, 1.82) is 0 Å². The van der Waals surface area contributed by atoms with Crippen molar-refractivity contribution >= 4 is 17.3 Å². The molecular weight excluding hydrogens is 234 g/mol. The maximum atomic E-state index is 5.46. The van der Waals surface area contributed by atoms with Crippen LogP contribution < -0.4 is 5.32 Å². The third kappa shape index (κ3) is 2.89. The summed E-state index contributed by atoms with van der Waals surface area (Å²) < 4.78 is 5.40. The SMILES string of the molecule is S=C(NC1CC1)N1CCC(N2CCOCC2)C1. The number of hydrogen-bond acceptors (Lipinski definition) is 3. The van der Waals surface area contributed by atoms with Crippen LogP contribution in [0.1, 0.15) is 19.3 Å². The van der Waals surface area contributed by atoms with Crippen LogP contribution in [0.3, 0.4) is 0 Å². The zero-order valence-electron chi connectivity index (χ0n) is 10.2. The van der Waals surface area contributed by atoms with Gasteiger partial charge in [0.1, 0.15) is 0 Å². The lowest BCUT2D eigenvalue weighted by atomic mass is 10.2. The Morgan fingerprint density at radius 2 is 1.88 bits per heavy atom. The number of nitrogens with zero attached hydrogens (tertiary/aromatic N) is 2. The number of nitrogens with one attached hydrogen (secondary N) is 1. The highest BCUT2D eigenvalue weighted by Crippen LogP contribution is 2.21. The van der Waals surface area contributed by atoms with Crippen LogP contribution in [-0.2, 0) is 4.74 Å². The Bertz CT molecular complexity index is 289. The van der Waals surface area contributed by atoms with Crippen LogP contribution in [0.15, 0.2) is 0 Å². The predicted octanol–water partition coefficient (Wildman–Crippen LogP) is 0.430. The minimum atomic E-state index is 0.671. The second-order valence-corrected chi connectivity index (χ2v) is 5.65. The van der Waals surface area contributed by atoms with E-state index >= 15 is 0 Å². The fraction of sp³-hybridized carbons (Fsp3) is 0.917. The van der Waals surface area contributed by atoms with Crippen LogP contribution in [0.2, 0.25) is 0 Å². The van der Waals surface area contributed by atoms with E-state index in [2.05, 4.69) is 15.1 Å². The van der Waals surface area contributed by atoms with Crippen LogP contribution in [0.4, 0.5) is 0 Å². The Hall–Kier alpha value is -0.390. The molecule has 0 aromatic rings. The summed E-state index contributed by atoms with van der Waals surface area (Å²) in [5.41, 5.74) is 0. The van der Waals surface area contributed by atoms with Gasteiger partial charge in [-0.2, -0.15) is 0 Å². The smallest absolute Gasteiger partial charge is 0.169 e. The molecule has 2 aliphatic heterocycles. The van der Waals surface area contributed by atoms with E-state index in [1.807, 2.05) is 0 Å². The van der Waals surface area contributed by atoms with Gasteiger partial charge in [0.15, 0.2) is 5.11 Å². The van der Waals surface area contributed by atoms with Crippen LogP contribution in [-0.4, -0.2) is 66.4 Å². The Labute approximate surface area is 108 Å². The summed E-state index contributed by atoms with van der Waals surface area (Å²) >= 11 is 5.46. The number of likely N-dealkylation sites (tertiary alicyclic amines) is 1. The minimum absolute atomic E-state index is 0.671. The zero-order chi connectivity index (χ0) is 11.7. The van der Waals surface area contributed by atoms with Crippen LogP contribution in [0.25, 0.3) is 0 Å². The lowest BCUT2D eigenvalue weighted by Crippen LogP contribution is -2.46. The van der Waals surface area contributed by atoms with Gasteiger partial charge in [-0.25, -0.2) is 0 Å². The summed E-state index contributed by atoms with van der Waals surface area (Å²) in [6, 6.07) is 1.35. The van der Waals surface area contributed by atoms with Gasteiger partial charge < -0.3 is 15.0 Å². The van der Waals surface area contributed by atoms with Gasteiger partial charge >= 0.3 is 0 Å². The third-order valence-electron chi connectivity index (χ3n) is 3.92. The normalized spacial score (nSPS) is 30.6. The maximum absolute atomic E-state index is 5.46. The van der Waals surface area contributed by atoms with E-state index in [4.69, 9.17) is 17.0 Å². The minimum Gasteiger partial charge on any atom is -0.379 e. The molecule has 0 radical (unpaired) electrons. The van der Waals surface area contributed by atoms with E-state index in [0.29, 0.717) is 12.1 Å². The number of ether oxygens (including phenoxy) is 1. The molecule has 2 saturated heterocycles. The number of rotatable bonds is 2. The molecule has 0 aromatic heterocycles. The molecule has 1 unspecified atom stereocenters.